The maximum Gasteiger partial charge on any atom is 0.416 e. The van der Waals surface area contributed by atoms with Gasteiger partial charge in [0.1, 0.15) is 0 Å². The first-order chi connectivity index (χ1) is 13.3. The number of alkyl halides is 3. The summed E-state index contributed by atoms with van der Waals surface area (Å²) in [6, 6.07) is 13.5. The van der Waals surface area contributed by atoms with Crippen molar-refractivity contribution in [1.82, 2.24) is 5.43 Å². The number of benzene rings is 2. The topological polar surface area (TPSA) is 83.4 Å². The summed E-state index contributed by atoms with van der Waals surface area (Å²) in [5.74, 6) is -0.846. The van der Waals surface area contributed by atoms with Crippen LogP contribution >= 0.6 is 0 Å². The van der Waals surface area contributed by atoms with Crippen LogP contribution in [0.25, 0.3) is 0 Å². The molecule has 0 unspecified atom stereocenters. The molecule has 6 nitrogen and oxygen atoms in total. The smallest absolute Gasteiger partial charge is 0.416 e. The predicted molar refractivity (Wildman–Crippen MR) is 95.6 cm³/mol. The summed E-state index contributed by atoms with van der Waals surface area (Å²) < 4.78 is 43.1. The fourth-order valence-electron chi connectivity index (χ4n) is 2.28. The van der Waals surface area contributed by atoms with Crippen LogP contribution in [0.5, 0.6) is 0 Å². The fourth-order valence-corrected chi connectivity index (χ4v) is 2.28. The number of carbonyl (C=O) groups is 2. The second-order valence-electron chi connectivity index (χ2n) is 5.67. The van der Waals surface area contributed by atoms with Crippen LogP contribution in [0, 0.1) is 0 Å². The number of hydrogen-bond acceptors (Lipinski definition) is 4. The third-order valence-electron chi connectivity index (χ3n) is 3.66. The van der Waals surface area contributed by atoms with Gasteiger partial charge in [-0.25, -0.2) is 0 Å². The van der Waals surface area contributed by atoms with Gasteiger partial charge in [0.05, 0.1) is 17.5 Å². The van der Waals surface area contributed by atoms with Crippen molar-refractivity contribution < 1.29 is 27.2 Å². The van der Waals surface area contributed by atoms with Gasteiger partial charge >= 0.3 is 6.18 Å². The highest BCUT2D eigenvalue weighted by atomic mass is 19.4. The van der Waals surface area contributed by atoms with Crippen LogP contribution in [0.2, 0.25) is 0 Å². The molecular weight excluding hydrogens is 375 g/mol. The highest BCUT2D eigenvalue weighted by Crippen LogP contribution is 2.30. The lowest BCUT2D eigenvalue weighted by molar-refractivity contribution is -0.137. The van der Waals surface area contributed by atoms with Gasteiger partial charge in [0, 0.05) is 11.3 Å². The van der Waals surface area contributed by atoms with Crippen LogP contribution in [-0.2, 0) is 6.18 Å². The monoisotopic (exact) mass is 389 g/mol. The highest BCUT2D eigenvalue weighted by Gasteiger charge is 2.30. The first kappa shape index (κ1) is 19.0. The van der Waals surface area contributed by atoms with Crippen molar-refractivity contribution in [2.75, 3.05) is 10.7 Å². The van der Waals surface area contributed by atoms with E-state index >= 15 is 0 Å². The van der Waals surface area contributed by atoms with Gasteiger partial charge in [-0.05, 0) is 54.6 Å². The molecule has 3 aromatic rings. The highest BCUT2D eigenvalue weighted by molar-refractivity contribution is 6.02. The molecule has 0 aliphatic carbocycles. The van der Waals surface area contributed by atoms with Gasteiger partial charge in [0.25, 0.3) is 11.8 Å². The molecule has 1 heterocycles. The van der Waals surface area contributed by atoms with Gasteiger partial charge in [-0.1, -0.05) is 6.07 Å². The zero-order valence-electron chi connectivity index (χ0n) is 14.2. The summed E-state index contributed by atoms with van der Waals surface area (Å²) in [5.41, 5.74) is 4.71. The second kappa shape index (κ2) is 7.87. The van der Waals surface area contributed by atoms with Crippen LogP contribution in [0.15, 0.2) is 71.3 Å². The Hall–Kier alpha value is -3.75. The van der Waals surface area contributed by atoms with Crippen LogP contribution in [0.4, 0.5) is 24.5 Å². The Bertz CT molecular complexity index is 968. The van der Waals surface area contributed by atoms with Crippen molar-refractivity contribution in [2.45, 2.75) is 6.18 Å². The van der Waals surface area contributed by atoms with Gasteiger partial charge < -0.3 is 9.73 Å². The quantitative estimate of drug-likeness (QED) is 0.568. The summed E-state index contributed by atoms with van der Waals surface area (Å²) in [4.78, 5) is 24.0. The fraction of sp³-hybridized carbons (Fsp3) is 0.0526. The van der Waals surface area contributed by atoms with Crippen molar-refractivity contribution in [3.63, 3.8) is 0 Å². The molecule has 0 fully saturated rings. The Morgan fingerprint density at radius 1 is 0.857 bits per heavy atom. The van der Waals surface area contributed by atoms with E-state index < -0.39 is 23.6 Å². The largest absolute Gasteiger partial charge is 0.459 e. The number of halogens is 3. The first-order valence-electron chi connectivity index (χ1n) is 8.01. The Morgan fingerprint density at radius 2 is 1.61 bits per heavy atom. The molecule has 0 spiro atoms. The molecule has 9 heteroatoms. The van der Waals surface area contributed by atoms with Gasteiger partial charge in [0.2, 0.25) is 0 Å². The SMILES string of the molecule is O=C(NNc1cccc(C(F)(F)F)c1)c1ccc(NC(=O)c2ccco2)cc1. The molecule has 144 valence electrons. The minimum absolute atomic E-state index is 0.0884. The summed E-state index contributed by atoms with van der Waals surface area (Å²) in [6.07, 6.45) is -3.10. The number of carbonyl (C=O) groups excluding carboxylic acids is 2. The van der Waals surface area contributed by atoms with Gasteiger partial charge in [-0.15, -0.1) is 0 Å². The second-order valence-corrected chi connectivity index (χ2v) is 5.67. The van der Waals surface area contributed by atoms with Crippen LogP contribution < -0.4 is 16.2 Å². The molecule has 0 radical (unpaired) electrons. The lowest BCUT2D eigenvalue weighted by Crippen LogP contribution is -2.29. The van der Waals surface area contributed by atoms with Crippen LogP contribution in [0.1, 0.15) is 26.5 Å². The minimum atomic E-state index is -4.47. The molecule has 3 N–H and O–H groups in total. The summed E-state index contributed by atoms with van der Waals surface area (Å²) in [5, 5.41) is 2.60. The first-order valence-corrected chi connectivity index (χ1v) is 8.01. The van der Waals surface area contributed by atoms with E-state index in [1.807, 2.05) is 0 Å². The molecule has 1 aromatic heterocycles. The van der Waals surface area contributed by atoms with E-state index in [0.29, 0.717) is 5.69 Å². The molecular formula is C19H14F3N3O3. The van der Waals surface area contributed by atoms with Crippen LogP contribution in [0.3, 0.4) is 0 Å². The van der Waals surface area contributed by atoms with E-state index in [0.717, 1.165) is 12.1 Å². The third-order valence-corrected chi connectivity index (χ3v) is 3.66. The van der Waals surface area contributed by atoms with Crippen molar-refractivity contribution in [1.29, 1.82) is 0 Å². The zero-order chi connectivity index (χ0) is 20.1. The number of hydrazine groups is 1. The Balaban J connectivity index is 1.58. The Kier molecular flexibility index (Phi) is 5.35. The molecule has 0 aliphatic heterocycles. The Labute approximate surface area is 157 Å². The molecule has 0 saturated heterocycles. The number of hydrogen-bond donors (Lipinski definition) is 3. The normalized spacial score (nSPS) is 11.0. The molecule has 3 rings (SSSR count). The van der Waals surface area contributed by atoms with E-state index in [1.54, 1.807) is 6.07 Å². The standard InChI is InChI=1S/C19H14F3N3O3/c20-19(21,22)13-3-1-4-15(11-13)24-25-17(26)12-6-8-14(9-7-12)23-18(27)16-5-2-10-28-16/h1-11,24H,(H,23,27)(H,25,26). The molecule has 2 amide bonds. The van der Waals surface area contributed by atoms with Crippen molar-refractivity contribution in [3.05, 3.63) is 83.8 Å². The third kappa shape index (κ3) is 4.70. The van der Waals surface area contributed by atoms with E-state index in [1.165, 1.54) is 48.7 Å². The molecule has 0 bridgehead atoms. The average Bonchev–Trinajstić information content (AvgIpc) is 3.21. The van der Waals surface area contributed by atoms with E-state index in [9.17, 15) is 22.8 Å². The average molecular weight is 389 g/mol. The predicted octanol–water partition coefficient (Wildman–Crippen LogP) is 4.31. The van der Waals surface area contributed by atoms with Gasteiger partial charge in [0.15, 0.2) is 5.76 Å². The number of rotatable bonds is 5. The summed E-state index contributed by atoms with van der Waals surface area (Å²) in [7, 11) is 0. The molecule has 0 aliphatic rings. The van der Waals surface area contributed by atoms with Crippen molar-refractivity contribution >= 4 is 23.2 Å². The number of nitrogens with one attached hydrogen (secondary N) is 3. The maximum atomic E-state index is 12.7. The van der Waals surface area contributed by atoms with Crippen LogP contribution in [-0.4, -0.2) is 11.8 Å². The number of amides is 2. The van der Waals surface area contributed by atoms with E-state index in [4.69, 9.17) is 4.42 Å². The van der Waals surface area contributed by atoms with Crippen molar-refractivity contribution in [2.24, 2.45) is 0 Å². The zero-order valence-corrected chi connectivity index (χ0v) is 14.2. The maximum absolute atomic E-state index is 12.7. The van der Waals surface area contributed by atoms with Gasteiger partial charge in [-0.2, -0.15) is 13.2 Å². The minimum Gasteiger partial charge on any atom is -0.459 e. The molecule has 0 atom stereocenters. The molecule has 28 heavy (non-hydrogen) atoms. The summed E-state index contributed by atoms with van der Waals surface area (Å²) in [6.45, 7) is 0. The molecule has 0 saturated carbocycles. The number of furan rings is 1. The van der Waals surface area contributed by atoms with Crippen molar-refractivity contribution in [3.8, 4) is 0 Å². The van der Waals surface area contributed by atoms with Gasteiger partial charge in [-0.3, -0.25) is 20.4 Å². The number of anilines is 2. The lowest BCUT2D eigenvalue weighted by Gasteiger charge is -2.12. The van der Waals surface area contributed by atoms with E-state index in [-0.39, 0.29) is 17.0 Å². The van der Waals surface area contributed by atoms with E-state index in [2.05, 4.69) is 16.2 Å². The molecule has 2 aromatic carbocycles. The Morgan fingerprint density at radius 3 is 2.25 bits per heavy atom. The lowest BCUT2D eigenvalue weighted by atomic mass is 10.2. The summed E-state index contributed by atoms with van der Waals surface area (Å²) >= 11 is 0.